The molecule has 1 unspecified atom stereocenters. The summed E-state index contributed by atoms with van der Waals surface area (Å²) in [6, 6.07) is 7.50. The number of carbonyl (C=O) groups is 1. The second-order valence-corrected chi connectivity index (χ2v) is 19.1. The van der Waals surface area contributed by atoms with Crippen LogP contribution >= 0.6 is 0 Å². The molecular formula is C50H53F5N8O4. The molecule has 3 fully saturated rings. The Morgan fingerprint density at radius 2 is 1.82 bits per heavy atom. The maximum atomic E-state index is 17.9. The summed E-state index contributed by atoms with van der Waals surface area (Å²) in [5.41, 5.74) is -1.50. The number of benzene rings is 2. The van der Waals surface area contributed by atoms with Crippen molar-refractivity contribution in [2.45, 2.75) is 127 Å². The van der Waals surface area contributed by atoms with Gasteiger partial charge < -0.3 is 19.1 Å². The second-order valence-electron chi connectivity index (χ2n) is 19.1. The van der Waals surface area contributed by atoms with Crippen LogP contribution in [-0.4, -0.2) is 102 Å². The Morgan fingerprint density at radius 1 is 1.01 bits per heavy atom. The average molecular weight is 925 g/mol. The van der Waals surface area contributed by atoms with Crippen molar-refractivity contribution in [2.75, 3.05) is 31.2 Å². The first kappa shape index (κ1) is 46.0. The summed E-state index contributed by atoms with van der Waals surface area (Å²) in [5, 5.41) is 1.38. The quantitative estimate of drug-likeness (QED) is 0.0799. The summed E-state index contributed by atoms with van der Waals surface area (Å²) in [6.07, 6.45) is 8.14. The molecule has 3 saturated heterocycles. The lowest BCUT2D eigenvalue weighted by atomic mass is 9.86. The third kappa shape index (κ3) is 8.35. The van der Waals surface area contributed by atoms with Crippen LogP contribution in [0.4, 0.5) is 32.6 Å². The Morgan fingerprint density at radius 3 is 2.55 bits per heavy atom. The van der Waals surface area contributed by atoms with E-state index in [-0.39, 0.29) is 65.9 Å². The highest BCUT2D eigenvalue weighted by Gasteiger charge is 2.51. The number of piperazine rings is 1. The van der Waals surface area contributed by atoms with Gasteiger partial charge in [-0.05, 0) is 89.6 Å². The first-order chi connectivity index (χ1) is 31.9. The zero-order chi connectivity index (χ0) is 47.6. The van der Waals surface area contributed by atoms with Gasteiger partial charge in [0.2, 0.25) is 5.88 Å². The summed E-state index contributed by atoms with van der Waals surface area (Å²) in [5.74, 6) is 1.09. The summed E-state index contributed by atoms with van der Waals surface area (Å²) < 4.78 is 91.8. The third-order valence-electron chi connectivity index (χ3n) is 13.9. The van der Waals surface area contributed by atoms with Gasteiger partial charge in [-0.1, -0.05) is 50.1 Å². The van der Waals surface area contributed by atoms with E-state index in [0.717, 1.165) is 25.2 Å². The zero-order valence-electron chi connectivity index (χ0n) is 38.2. The summed E-state index contributed by atoms with van der Waals surface area (Å²) in [6.45, 7) is 15.0. The van der Waals surface area contributed by atoms with Crippen LogP contribution in [0.1, 0.15) is 102 Å². The Labute approximate surface area is 385 Å². The Bertz CT molecular complexity index is 2790. The fraction of sp³-hybridized carbons (Fsp3) is 0.480. The molecule has 6 atom stereocenters. The van der Waals surface area contributed by atoms with Gasteiger partial charge in [-0.25, -0.2) is 28.5 Å². The first-order valence-electron chi connectivity index (χ1n) is 22.9. The number of amides is 1. The summed E-state index contributed by atoms with van der Waals surface area (Å²) in [7, 11) is 0. The first-order valence-corrected chi connectivity index (χ1v) is 22.9. The van der Waals surface area contributed by atoms with E-state index in [1.807, 2.05) is 34.6 Å². The minimum Gasteiger partial charge on any atom is -0.476 e. The maximum Gasteiger partial charge on any atom is 0.433 e. The molecule has 5 aromatic rings. The molecule has 7 heterocycles. The lowest BCUT2D eigenvalue weighted by Gasteiger charge is -2.52. The van der Waals surface area contributed by atoms with Crippen molar-refractivity contribution in [3.05, 3.63) is 84.0 Å². The standard InChI is InChI=1S/C50H53F5N8O4/c1-8-30-24-61-36(35(10-3)63(30)47(64)67-48(5,6)7)18-15-28(4)42-40-44(41(52)43(58-42)33-14-11-13-29-16-17-34(51)32(9-2)39(29)33)59-46(60-45(40)61)66-26-49-20-12-22-62(49)31(19-21-49)25-65-38-23-37(50(53,54)55)56-27-57-38/h2,10-11,13-14,16-17,23,27-28,30-31,35-36H,3,8,12,15,18-22,24-26H2,1,4-7H3/t28-,30?,31+,35+,36-,49+/m1/s1. The number of halogens is 5. The smallest absolute Gasteiger partial charge is 0.433 e. The number of ether oxygens (including phenoxy) is 3. The lowest BCUT2D eigenvalue weighted by Crippen LogP contribution is -2.65. The molecule has 0 N–H and O–H groups in total. The van der Waals surface area contributed by atoms with Gasteiger partial charge in [0.1, 0.15) is 48.0 Å². The molecule has 0 radical (unpaired) electrons. The van der Waals surface area contributed by atoms with Gasteiger partial charge >= 0.3 is 18.3 Å². The number of nitrogens with zero attached hydrogens (tertiary/aromatic N) is 8. The molecule has 0 spiro atoms. The molecule has 17 heteroatoms. The van der Waals surface area contributed by atoms with Gasteiger partial charge in [-0.15, -0.1) is 13.0 Å². The number of hydrogen-bond acceptors (Lipinski definition) is 11. The van der Waals surface area contributed by atoms with Crippen LogP contribution in [-0.2, 0) is 10.9 Å². The topological polar surface area (TPSA) is 119 Å². The van der Waals surface area contributed by atoms with E-state index in [4.69, 9.17) is 35.6 Å². The van der Waals surface area contributed by atoms with Crippen molar-refractivity contribution >= 4 is 33.6 Å². The van der Waals surface area contributed by atoms with Crippen molar-refractivity contribution < 1.29 is 41.0 Å². The van der Waals surface area contributed by atoms with Gasteiger partial charge in [-0.2, -0.15) is 23.1 Å². The fourth-order valence-electron chi connectivity index (χ4n) is 10.8. The lowest BCUT2D eigenvalue weighted by molar-refractivity contribution is -0.141. The van der Waals surface area contributed by atoms with Gasteiger partial charge in [0.25, 0.3) is 0 Å². The molecule has 1 amide bonds. The molecule has 12 nitrogen and oxygen atoms in total. The Hall–Kier alpha value is -6.15. The molecule has 4 aliphatic rings. The molecule has 0 bridgehead atoms. The molecule has 3 aromatic heterocycles. The van der Waals surface area contributed by atoms with E-state index < -0.39 is 46.8 Å². The zero-order valence-corrected chi connectivity index (χ0v) is 38.2. The normalized spacial score (nSPS) is 24.2. The number of fused-ring (bicyclic) bond motifs is 4. The Kier molecular flexibility index (Phi) is 12.0. The molecular weight excluding hydrogens is 872 g/mol. The SMILES string of the molecule is C#Cc1c(F)ccc2cccc(-c3nc4c5c(nc(OC[C@@]67CCCN6[C@H](COc6cc(C(F)(F)F)ncn6)CC7)nc5c3F)N3CC(CC)N(C(=O)OC(C)(C)C)[C@@H](C=C)[C@H]3CC[C@H]4C)c12. The van der Waals surface area contributed by atoms with Crippen LogP contribution in [0.25, 0.3) is 32.9 Å². The van der Waals surface area contributed by atoms with E-state index in [2.05, 4.69) is 32.3 Å². The predicted octanol–water partition coefficient (Wildman–Crippen LogP) is 10.0. The molecule has 9 rings (SSSR count). The van der Waals surface area contributed by atoms with Crippen molar-refractivity contribution in [1.82, 2.24) is 34.7 Å². The van der Waals surface area contributed by atoms with Crippen molar-refractivity contribution in [3.63, 3.8) is 0 Å². The van der Waals surface area contributed by atoms with E-state index in [9.17, 15) is 18.0 Å². The van der Waals surface area contributed by atoms with Gasteiger partial charge in [0, 0.05) is 29.6 Å². The number of rotatable bonds is 9. The third-order valence-corrected chi connectivity index (χ3v) is 13.9. The van der Waals surface area contributed by atoms with Gasteiger partial charge in [0.15, 0.2) is 11.5 Å². The molecule has 352 valence electrons. The molecule has 67 heavy (non-hydrogen) atoms. The van der Waals surface area contributed by atoms with Crippen LogP contribution in [0.15, 0.2) is 55.4 Å². The van der Waals surface area contributed by atoms with Crippen LogP contribution < -0.4 is 14.4 Å². The average Bonchev–Trinajstić information content (AvgIpc) is 3.87. The van der Waals surface area contributed by atoms with Crippen LogP contribution in [0, 0.1) is 24.0 Å². The molecule has 4 aliphatic heterocycles. The fourth-order valence-corrected chi connectivity index (χ4v) is 10.8. The van der Waals surface area contributed by atoms with E-state index in [1.165, 1.54) is 6.07 Å². The Balaban J connectivity index is 1.14. The van der Waals surface area contributed by atoms with Crippen LogP contribution in [0.2, 0.25) is 0 Å². The second kappa shape index (κ2) is 17.5. The number of aromatic nitrogens is 5. The van der Waals surface area contributed by atoms with E-state index in [1.54, 1.807) is 35.2 Å². The van der Waals surface area contributed by atoms with Crippen molar-refractivity contribution in [3.8, 4) is 35.5 Å². The number of anilines is 1. The summed E-state index contributed by atoms with van der Waals surface area (Å²) in [4.78, 5) is 42.5. The number of alkyl halides is 3. The van der Waals surface area contributed by atoms with E-state index in [0.29, 0.717) is 78.4 Å². The predicted molar refractivity (Wildman–Crippen MR) is 243 cm³/mol. The van der Waals surface area contributed by atoms with Crippen LogP contribution in [0.5, 0.6) is 11.9 Å². The van der Waals surface area contributed by atoms with E-state index >= 15 is 8.78 Å². The largest absolute Gasteiger partial charge is 0.476 e. The highest BCUT2D eigenvalue weighted by molar-refractivity contribution is 6.03. The minimum atomic E-state index is -4.64. The molecule has 2 aromatic carbocycles. The number of hydrogen-bond donors (Lipinski definition) is 0. The number of terminal acetylenes is 1. The molecule has 0 saturated carbocycles. The van der Waals surface area contributed by atoms with Gasteiger partial charge in [0.05, 0.1) is 40.3 Å². The van der Waals surface area contributed by atoms with Crippen LogP contribution in [0.3, 0.4) is 0 Å². The minimum absolute atomic E-state index is 0.00646. The van der Waals surface area contributed by atoms with Gasteiger partial charge in [-0.3, -0.25) is 9.80 Å². The number of pyridine rings is 1. The summed E-state index contributed by atoms with van der Waals surface area (Å²) >= 11 is 0. The van der Waals surface area contributed by atoms with Crippen molar-refractivity contribution in [2.24, 2.45) is 0 Å². The number of carbonyl (C=O) groups excluding carboxylic acids is 1. The maximum absolute atomic E-state index is 17.9. The highest BCUT2D eigenvalue weighted by atomic mass is 19.4. The monoisotopic (exact) mass is 924 g/mol. The highest BCUT2D eigenvalue weighted by Crippen LogP contribution is 2.47. The molecule has 0 aliphatic carbocycles. The van der Waals surface area contributed by atoms with Crippen molar-refractivity contribution in [1.29, 1.82) is 0 Å².